The lowest BCUT2D eigenvalue weighted by Gasteiger charge is -2.37. The zero-order valence-corrected chi connectivity index (χ0v) is 19.7. The van der Waals surface area contributed by atoms with Crippen molar-refractivity contribution in [1.29, 1.82) is 0 Å². The molecule has 0 N–H and O–H groups in total. The van der Waals surface area contributed by atoms with Crippen LogP contribution in [-0.4, -0.2) is 46.7 Å². The number of cyclic esters (lactones) is 1. The van der Waals surface area contributed by atoms with E-state index < -0.39 is 23.4 Å². The number of rotatable bonds is 4. The third kappa shape index (κ3) is 3.13. The summed E-state index contributed by atoms with van der Waals surface area (Å²) in [4.78, 5) is 25.3. The Bertz CT molecular complexity index is 1190. The smallest absolute Gasteiger partial charge is 0.312 e. The van der Waals surface area contributed by atoms with E-state index >= 15 is 0 Å². The quantitative estimate of drug-likeness (QED) is 0.622. The van der Waals surface area contributed by atoms with Gasteiger partial charge < -0.3 is 33.2 Å². The molecule has 9 heteroatoms. The summed E-state index contributed by atoms with van der Waals surface area (Å²) in [5.74, 6) is 1.18. The van der Waals surface area contributed by atoms with Crippen molar-refractivity contribution in [2.24, 2.45) is 11.3 Å². The van der Waals surface area contributed by atoms with Gasteiger partial charge in [-0.05, 0) is 42.7 Å². The first kappa shape index (κ1) is 22.2. The van der Waals surface area contributed by atoms with Crippen molar-refractivity contribution in [1.82, 2.24) is 0 Å². The topological polar surface area (TPSA) is 98.8 Å². The van der Waals surface area contributed by atoms with Crippen LogP contribution in [-0.2, 0) is 25.5 Å². The van der Waals surface area contributed by atoms with Gasteiger partial charge in [-0.25, -0.2) is 0 Å². The minimum absolute atomic E-state index is 0.0785. The second kappa shape index (κ2) is 8.00. The fourth-order valence-corrected chi connectivity index (χ4v) is 5.28. The SMILES string of the molecule is COc1cc2c(c(OC)c1OC)-c1cc3c(cc1C(OC(C)=O)C1COC(=O)C1(C)C2)OCO3. The third-order valence-corrected chi connectivity index (χ3v) is 6.93. The van der Waals surface area contributed by atoms with Crippen molar-refractivity contribution in [3.05, 3.63) is 29.3 Å². The molecule has 0 spiro atoms. The van der Waals surface area contributed by atoms with Gasteiger partial charge in [0.2, 0.25) is 12.5 Å². The zero-order chi connectivity index (χ0) is 24.2. The van der Waals surface area contributed by atoms with Crippen molar-refractivity contribution in [3.8, 4) is 39.9 Å². The number of hydrogen-bond acceptors (Lipinski definition) is 9. The summed E-state index contributed by atoms with van der Waals surface area (Å²) in [5, 5.41) is 0. The first-order chi connectivity index (χ1) is 16.3. The van der Waals surface area contributed by atoms with E-state index in [2.05, 4.69) is 0 Å². The molecule has 1 fully saturated rings. The Labute approximate surface area is 196 Å². The molecule has 0 radical (unpaired) electrons. The molecule has 0 amide bonds. The lowest BCUT2D eigenvalue weighted by Crippen LogP contribution is -2.38. The minimum atomic E-state index is -0.965. The van der Waals surface area contributed by atoms with Crippen LogP contribution < -0.4 is 23.7 Å². The summed E-state index contributed by atoms with van der Waals surface area (Å²) in [6.45, 7) is 3.40. The molecule has 2 aromatic rings. The Balaban J connectivity index is 1.89. The first-order valence-electron chi connectivity index (χ1n) is 10.9. The molecule has 2 aromatic carbocycles. The summed E-state index contributed by atoms with van der Waals surface area (Å²) in [6, 6.07) is 5.51. The van der Waals surface area contributed by atoms with Crippen molar-refractivity contribution in [3.63, 3.8) is 0 Å². The average Bonchev–Trinajstić information content (AvgIpc) is 3.38. The molecule has 2 heterocycles. The maximum absolute atomic E-state index is 13.1. The number of ether oxygens (including phenoxy) is 7. The number of hydrogen-bond donors (Lipinski definition) is 0. The predicted molar refractivity (Wildman–Crippen MR) is 118 cm³/mol. The van der Waals surface area contributed by atoms with E-state index in [0.717, 1.165) is 11.1 Å². The van der Waals surface area contributed by atoms with E-state index in [1.165, 1.54) is 14.0 Å². The number of esters is 2. The van der Waals surface area contributed by atoms with E-state index in [0.29, 0.717) is 46.3 Å². The van der Waals surface area contributed by atoms with E-state index in [9.17, 15) is 9.59 Å². The van der Waals surface area contributed by atoms with E-state index in [1.54, 1.807) is 20.3 Å². The van der Waals surface area contributed by atoms with Gasteiger partial charge in [0, 0.05) is 18.1 Å². The Morgan fingerprint density at radius 3 is 2.35 bits per heavy atom. The molecule has 2 aliphatic heterocycles. The predicted octanol–water partition coefficient (Wildman–Crippen LogP) is 3.45. The number of carbonyl (C=O) groups excluding carboxylic acids is 2. The van der Waals surface area contributed by atoms with Gasteiger partial charge in [0.25, 0.3) is 0 Å². The van der Waals surface area contributed by atoms with Crippen molar-refractivity contribution in [2.45, 2.75) is 26.4 Å². The highest BCUT2D eigenvalue weighted by molar-refractivity contribution is 5.87. The second-order valence-electron chi connectivity index (χ2n) is 8.80. The average molecular weight is 470 g/mol. The molecule has 0 aromatic heterocycles. The van der Waals surface area contributed by atoms with Crippen molar-refractivity contribution < 1.29 is 42.7 Å². The van der Waals surface area contributed by atoms with Gasteiger partial charge in [0.15, 0.2) is 23.0 Å². The summed E-state index contributed by atoms with van der Waals surface area (Å²) >= 11 is 0. The number of carbonyl (C=O) groups is 2. The summed E-state index contributed by atoms with van der Waals surface area (Å²) in [5.41, 5.74) is 1.94. The van der Waals surface area contributed by atoms with E-state index in [1.807, 2.05) is 19.1 Å². The molecule has 0 saturated carbocycles. The summed E-state index contributed by atoms with van der Waals surface area (Å²) in [6.07, 6.45) is -0.446. The normalized spacial score (nSPS) is 24.1. The fraction of sp³-hybridized carbons (Fsp3) is 0.440. The highest BCUT2D eigenvalue weighted by Gasteiger charge is 2.55. The van der Waals surface area contributed by atoms with Crippen LogP contribution in [0.25, 0.3) is 11.1 Å². The van der Waals surface area contributed by atoms with Gasteiger partial charge in [-0.15, -0.1) is 0 Å². The number of fused-ring (bicyclic) bond motifs is 5. The molecular formula is C25H26O9. The lowest BCUT2D eigenvalue weighted by atomic mass is 9.67. The van der Waals surface area contributed by atoms with E-state index in [4.69, 9.17) is 33.2 Å². The van der Waals surface area contributed by atoms with Gasteiger partial charge >= 0.3 is 11.9 Å². The first-order valence-corrected chi connectivity index (χ1v) is 10.9. The Morgan fingerprint density at radius 1 is 1.00 bits per heavy atom. The van der Waals surface area contributed by atoms with Crippen molar-refractivity contribution in [2.75, 3.05) is 34.7 Å². The van der Waals surface area contributed by atoms with Gasteiger partial charge in [-0.1, -0.05) is 0 Å². The molecule has 0 bridgehead atoms. The van der Waals surface area contributed by atoms with Gasteiger partial charge in [-0.3, -0.25) is 9.59 Å². The molecule has 5 rings (SSSR count). The Morgan fingerprint density at radius 2 is 1.71 bits per heavy atom. The van der Waals surface area contributed by atoms with Gasteiger partial charge in [-0.2, -0.15) is 0 Å². The summed E-state index contributed by atoms with van der Waals surface area (Å²) in [7, 11) is 4.62. The van der Waals surface area contributed by atoms with Crippen LogP contribution in [0.2, 0.25) is 0 Å². The maximum Gasteiger partial charge on any atom is 0.312 e. The van der Waals surface area contributed by atoms with Gasteiger partial charge in [0.1, 0.15) is 6.10 Å². The lowest BCUT2D eigenvalue weighted by molar-refractivity contribution is -0.153. The molecule has 3 unspecified atom stereocenters. The largest absolute Gasteiger partial charge is 0.493 e. The Hall–Kier alpha value is -3.62. The molecule has 180 valence electrons. The van der Waals surface area contributed by atoms with Crippen LogP contribution in [0.1, 0.15) is 31.1 Å². The molecular weight excluding hydrogens is 444 g/mol. The van der Waals surface area contributed by atoms with Gasteiger partial charge in [0.05, 0.1) is 39.3 Å². The van der Waals surface area contributed by atoms with Crippen LogP contribution in [0.15, 0.2) is 18.2 Å². The van der Waals surface area contributed by atoms with E-state index in [-0.39, 0.29) is 19.4 Å². The molecule has 3 aliphatic rings. The highest BCUT2D eigenvalue weighted by atomic mass is 16.7. The highest BCUT2D eigenvalue weighted by Crippen LogP contribution is 2.57. The number of benzene rings is 2. The Kier molecular flexibility index (Phi) is 5.22. The van der Waals surface area contributed by atoms with Crippen LogP contribution in [0.3, 0.4) is 0 Å². The molecule has 1 saturated heterocycles. The third-order valence-electron chi connectivity index (χ3n) is 6.93. The van der Waals surface area contributed by atoms with Crippen molar-refractivity contribution >= 4 is 11.9 Å². The maximum atomic E-state index is 13.1. The molecule has 9 nitrogen and oxygen atoms in total. The van der Waals surface area contributed by atoms with Crippen LogP contribution in [0.5, 0.6) is 28.7 Å². The monoisotopic (exact) mass is 470 g/mol. The molecule has 1 aliphatic carbocycles. The molecule has 3 atom stereocenters. The zero-order valence-electron chi connectivity index (χ0n) is 19.7. The van der Waals surface area contributed by atoms with Crippen LogP contribution in [0.4, 0.5) is 0 Å². The van der Waals surface area contributed by atoms with Crippen LogP contribution in [0, 0.1) is 11.3 Å². The number of methoxy groups -OCH3 is 3. The minimum Gasteiger partial charge on any atom is -0.493 e. The standard InChI is InChI=1S/C25H26O9/c1-12(26)34-21-15-8-18-17(32-11-33-18)7-14(15)20-13(9-25(2)16(21)10-31-24(25)27)6-19(28-3)22(29-4)23(20)30-5/h6-8,16,21H,9-11H2,1-5H3. The summed E-state index contributed by atoms with van der Waals surface area (Å²) < 4.78 is 39.8. The molecule has 34 heavy (non-hydrogen) atoms. The fourth-order valence-electron chi connectivity index (χ4n) is 5.28. The second-order valence-corrected chi connectivity index (χ2v) is 8.80. The van der Waals surface area contributed by atoms with Crippen LogP contribution >= 0.6 is 0 Å².